The molecule has 3 heteroatoms. The molecule has 3 nitrogen and oxygen atoms in total. The Balaban J connectivity index is 2.46. The molecule has 0 aromatic heterocycles. The first-order valence-corrected chi connectivity index (χ1v) is 4.56. The maximum Gasteiger partial charge on any atom is 0.183 e. The van der Waals surface area contributed by atoms with Crippen LogP contribution in [-0.4, -0.2) is 27.4 Å². The molecule has 0 radical (unpaired) electrons. The van der Waals surface area contributed by atoms with Crippen molar-refractivity contribution < 1.29 is 14.2 Å². The lowest BCUT2D eigenvalue weighted by atomic mass is 10.2. The summed E-state index contributed by atoms with van der Waals surface area (Å²) in [6.07, 6.45) is -0.300. The van der Waals surface area contributed by atoms with Crippen LogP contribution in [0.25, 0.3) is 0 Å². The van der Waals surface area contributed by atoms with Crippen LogP contribution in [0.3, 0.4) is 0 Å². The summed E-state index contributed by atoms with van der Waals surface area (Å²) in [6.45, 7) is 1.11. The minimum absolute atomic E-state index is 0.300. The maximum absolute atomic E-state index is 5.47. The number of ether oxygens (including phenoxy) is 3. The summed E-state index contributed by atoms with van der Waals surface area (Å²) in [5, 5.41) is 0. The number of hydrogen-bond donors (Lipinski definition) is 0. The third-order valence-electron chi connectivity index (χ3n) is 1.84. The molecule has 0 N–H and O–H groups in total. The van der Waals surface area contributed by atoms with E-state index >= 15 is 0 Å². The molecule has 1 aromatic rings. The van der Waals surface area contributed by atoms with Gasteiger partial charge in [-0.05, 0) is 0 Å². The molecule has 0 saturated heterocycles. The van der Waals surface area contributed by atoms with E-state index in [1.807, 2.05) is 30.3 Å². The molecular formula is C11H16O3. The van der Waals surface area contributed by atoms with E-state index in [1.54, 1.807) is 14.2 Å². The Labute approximate surface area is 84.6 Å². The highest BCUT2D eigenvalue weighted by Gasteiger charge is 2.08. The Morgan fingerprint density at radius 2 is 1.79 bits per heavy atom. The summed E-state index contributed by atoms with van der Waals surface area (Å²) in [5.41, 5.74) is 1.02. The summed E-state index contributed by atoms with van der Waals surface area (Å²) >= 11 is 0. The second-order valence-electron chi connectivity index (χ2n) is 2.84. The largest absolute Gasteiger partial charge is 0.382 e. The highest BCUT2D eigenvalue weighted by Crippen LogP contribution is 2.16. The molecule has 0 heterocycles. The van der Waals surface area contributed by atoms with Crippen molar-refractivity contribution >= 4 is 0 Å². The van der Waals surface area contributed by atoms with Gasteiger partial charge >= 0.3 is 0 Å². The summed E-state index contributed by atoms with van der Waals surface area (Å²) in [4.78, 5) is 0. The third-order valence-corrected chi connectivity index (χ3v) is 1.84. The van der Waals surface area contributed by atoms with Crippen molar-refractivity contribution in [2.75, 3.05) is 27.4 Å². The maximum atomic E-state index is 5.47. The molecule has 0 bridgehead atoms. The smallest absolute Gasteiger partial charge is 0.183 e. The van der Waals surface area contributed by atoms with Gasteiger partial charge in [0.1, 0.15) is 0 Å². The van der Waals surface area contributed by atoms with Crippen molar-refractivity contribution in [1.29, 1.82) is 0 Å². The van der Waals surface area contributed by atoms with E-state index in [0.717, 1.165) is 5.56 Å². The van der Waals surface area contributed by atoms with Crippen molar-refractivity contribution in [3.05, 3.63) is 35.9 Å². The lowest BCUT2D eigenvalue weighted by Crippen LogP contribution is -2.10. The molecule has 0 spiro atoms. The predicted molar refractivity (Wildman–Crippen MR) is 54.0 cm³/mol. The molecule has 1 aromatic carbocycles. The quantitative estimate of drug-likeness (QED) is 0.514. The Morgan fingerprint density at radius 1 is 1.07 bits per heavy atom. The van der Waals surface area contributed by atoms with Crippen LogP contribution in [0.1, 0.15) is 11.9 Å². The van der Waals surface area contributed by atoms with Crippen LogP contribution >= 0.6 is 0 Å². The van der Waals surface area contributed by atoms with Crippen LogP contribution in [0.2, 0.25) is 0 Å². The van der Waals surface area contributed by atoms with Crippen molar-refractivity contribution in [1.82, 2.24) is 0 Å². The van der Waals surface area contributed by atoms with Gasteiger partial charge in [-0.15, -0.1) is 0 Å². The Hall–Kier alpha value is -0.900. The van der Waals surface area contributed by atoms with Gasteiger partial charge in [-0.25, -0.2) is 0 Å². The van der Waals surface area contributed by atoms with Crippen LogP contribution in [0.15, 0.2) is 30.3 Å². The van der Waals surface area contributed by atoms with Crippen LogP contribution in [0, 0.1) is 0 Å². The average Bonchev–Trinajstić information content (AvgIpc) is 2.26. The van der Waals surface area contributed by atoms with Crippen molar-refractivity contribution in [3.8, 4) is 0 Å². The van der Waals surface area contributed by atoms with Gasteiger partial charge in [0.2, 0.25) is 0 Å². The summed E-state index contributed by atoms with van der Waals surface area (Å²) in [7, 11) is 3.28. The van der Waals surface area contributed by atoms with E-state index in [1.165, 1.54) is 0 Å². The monoisotopic (exact) mass is 196 g/mol. The lowest BCUT2D eigenvalue weighted by Gasteiger charge is -2.16. The van der Waals surface area contributed by atoms with Gasteiger partial charge < -0.3 is 14.2 Å². The Bertz CT molecular complexity index is 236. The SMILES string of the molecule is COCCOC(OC)c1ccccc1. The first-order valence-electron chi connectivity index (χ1n) is 4.56. The van der Waals surface area contributed by atoms with E-state index in [4.69, 9.17) is 14.2 Å². The fraction of sp³-hybridized carbons (Fsp3) is 0.455. The van der Waals surface area contributed by atoms with Crippen LogP contribution in [0.4, 0.5) is 0 Å². The summed E-state index contributed by atoms with van der Waals surface area (Å²) < 4.78 is 15.6. The number of methoxy groups -OCH3 is 2. The van der Waals surface area contributed by atoms with Crippen LogP contribution in [0.5, 0.6) is 0 Å². The molecule has 1 unspecified atom stereocenters. The van der Waals surface area contributed by atoms with Gasteiger partial charge in [-0.3, -0.25) is 0 Å². The first-order chi connectivity index (χ1) is 6.88. The minimum atomic E-state index is -0.300. The van der Waals surface area contributed by atoms with Crippen LogP contribution < -0.4 is 0 Å². The van der Waals surface area contributed by atoms with Gasteiger partial charge in [0.25, 0.3) is 0 Å². The van der Waals surface area contributed by atoms with Crippen LogP contribution in [-0.2, 0) is 14.2 Å². The fourth-order valence-corrected chi connectivity index (χ4v) is 1.15. The topological polar surface area (TPSA) is 27.7 Å². The standard InChI is InChI=1S/C11H16O3/c1-12-8-9-14-11(13-2)10-6-4-3-5-7-10/h3-7,11H,8-9H2,1-2H3. The molecule has 78 valence electrons. The number of benzene rings is 1. The van der Waals surface area contributed by atoms with Gasteiger partial charge in [0, 0.05) is 19.8 Å². The van der Waals surface area contributed by atoms with Gasteiger partial charge in [-0.2, -0.15) is 0 Å². The zero-order valence-electron chi connectivity index (χ0n) is 8.60. The Morgan fingerprint density at radius 3 is 2.36 bits per heavy atom. The molecule has 1 atom stereocenters. The lowest BCUT2D eigenvalue weighted by molar-refractivity contribution is -0.135. The normalized spacial score (nSPS) is 12.7. The highest BCUT2D eigenvalue weighted by molar-refractivity contribution is 5.15. The van der Waals surface area contributed by atoms with Crippen molar-refractivity contribution in [2.24, 2.45) is 0 Å². The number of hydrogen-bond acceptors (Lipinski definition) is 3. The number of rotatable bonds is 6. The molecule has 0 aliphatic rings. The van der Waals surface area contributed by atoms with Crippen molar-refractivity contribution in [3.63, 3.8) is 0 Å². The molecule has 0 aliphatic carbocycles. The van der Waals surface area contributed by atoms with E-state index in [-0.39, 0.29) is 6.29 Å². The molecule has 0 saturated carbocycles. The molecule has 0 aliphatic heterocycles. The molecule has 0 amide bonds. The Kier molecular flexibility index (Phi) is 5.22. The zero-order chi connectivity index (χ0) is 10.2. The average molecular weight is 196 g/mol. The van der Waals surface area contributed by atoms with Gasteiger partial charge in [0.05, 0.1) is 13.2 Å². The second kappa shape index (κ2) is 6.54. The van der Waals surface area contributed by atoms with E-state index in [9.17, 15) is 0 Å². The molecule has 14 heavy (non-hydrogen) atoms. The highest BCUT2D eigenvalue weighted by atomic mass is 16.7. The fourth-order valence-electron chi connectivity index (χ4n) is 1.15. The molecule has 0 fully saturated rings. The summed E-state index contributed by atoms with van der Waals surface area (Å²) in [5.74, 6) is 0. The zero-order valence-corrected chi connectivity index (χ0v) is 8.60. The van der Waals surface area contributed by atoms with E-state index in [0.29, 0.717) is 13.2 Å². The molecule has 1 rings (SSSR count). The first kappa shape index (κ1) is 11.2. The second-order valence-corrected chi connectivity index (χ2v) is 2.84. The molecular weight excluding hydrogens is 180 g/mol. The van der Waals surface area contributed by atoms with Gasteiger partial charge in [-0.1, -0.05) is 30.3 Å². The van der Waals surface area contributed by atoms with E-state index < -0.39 is 0 Å². The van der Waals surface area contributed by atoms with Gasteiger partial charge in [0.15, 0.2) is 6.29 Å². The predicted octanol–water partition coefficient (Wildman–Crippen LogP) is 1.99. The summed E-state index contributed by atoms with van der Waals surface area (Å²) in [6, 6.07) is 9.83. The van der Waals surface area contributed by atoms with Crippen molar-refractivity contribution in [2.45, 2.75) is 6.29 Å². The minimum Gasteiger partial charge on any atom is -0.382 e. The third kappa shape index (κ3) is 3.46. The van der Waals surface area contributed by atoms with E-state index in [2.05, 4.69) is 0 Å².